The number of nitrogens with one attached hydrogen (secondary N) is 2. The maximum Gasteiger partial charge on any atom is 0.407 e. The molecule has 2 amide bonds. The molecule has 0 saturated heterocycles. The van der Waals surface area contributed by atoms with Crippen molar-refractivity contribution in [3.8, 4) is 6.07 Å². The molecule has 0 atom stereocenters. The lowest BCUT2D eigenvalue weighted by atomic mass is 9.91. The number of hydrogen-bond donors (Lipinski definition) is 3. The first-order chi connectivity index (χ1) is 17.9. The number of amides is 2. The van der Waals surface area contributed by atoms with Gasteiger partial charge in [-0.15, -0.1) is 0 Å². The SMILES string of the molecule is CC(C)(C)OC(=O)N[C@H]1CC[C@H](NC(=O)c2cc3ccc(C#N)cc3n2S(=O)(=O)c2cccc(N)c2)CC1. The first-order valence-electron chi connectivity index (χ1n) is 12.3. The summed E-state index contributed by atoms with van der Waals surface area (Å²) >= 11 is 0. The number of carbonyl (C=O) groups excluding carboxylic acids is 2. The third-order valence-corrected chi connectivity index (χ3v) is 8.03. The molecule has 1 fully saturated rings. The number of nitrogens with two attached hydrogens (primary N) is 1. The van der Waals surface area contributed by atoms with E-state index in [4.69, 9.17) is 10.5 Å². The summed E-state index contributed by atoms with van der Waals surface area (Å²) in [5.41, 5.74) is 5.93. The summed E-state index contributed by atoms with van der Waals surface area (Å²) in [6.45, 7) is 5.39. The van der Waals surface area contributed by atoms with Gasteiger partial charge in [-0.25, -0.2) is 17.2 Å². The number of ether oxygens (including phenoxy) is 1. The van der Waals surface area contributed by atoms with Crippen molar-refractivity contribution < 1.29 is 22.7 Å². The van der Waals surface area contributed by atoms with Gasteiger partial charge in [0.15, 0.2) is 0 Å². The Balaban J connectivity index is 1.57. The van der Waals surface area contributed by atoms with Crippen molar-refractivity contribution in [1.29, 1.82) is 5.26 Å². The highest BCUT2D eigenvalue weighted by Crippen LogP contribution is 2.28. The molecule has 1 aliphatic rings. The van der Waals surface area contributed by atoms with Crippen LogP contribution < -0.4 is 16.4 Å². The lowest BCUT2D eigenvalue weighted by Crippen LogP contribution is -2.45. The monoisotopic (exact) mass is 537 g/mol. The van der Waals surface area contributed by atoms with Crippen molar-refractivity contribution in [2.24, 2.45) is 0 Å². The molecular formula is C27H31N5O5S. The summed E-state index contributed by atoms with van der Waals surface area (Å²) in [5, 5.41) is 15.7. The lowest BCUT2D eigenvalue weighted by Gasteiger charge is -2.30. The zero-order valence-corrected chi connectivity index (χ0v) is 22.3. The zero-order chi connectivity index (χ0) is 27.7. The van der Waals surface area contributed by atoms with Gasteiger partial charge in [-0.3, -0.25) is 4.79 Å². The van der Waals surface area contributed by atoms with E-state index in [0.29, 0.717) is 31.1 Å². The van der Waals surface area contributed by atoms with Crippen LogP contribution in [0.5, 0.6) is 0 Å². The van der Waals surface area contributed by atoms with E-state index in [2.05, 4.69) is 10.6 Å². The standard InChI is InChI=1S/C27H31N5O5S/c1-27(2,3)37-26(34)31-21-11-9-20(10-12-21)30-25(33)24-14-18-8-7-17(16-28)13-23(18)32(24)38(35,36)22-6-4-5-19(29)15-22/h4-8,13-15,20-21H,9-12,29H2,1-3H3,(H,30,33)(H,31,34)/t20-,21-. The quantitative estimate of drug-likeness (QED) is 0.417. The highest BCUT2D eigenvalue weighted by molar-refractivity contribution is 7.90. The summed E-state index contributed by atoms with van der Waals surface area (Å²) in [4.78, 5) is 25.5. The van der Waals surface area contributed by atoms with E-state index in [-0.39, 0.29) is 39.4 Å². The largest absolute Gasteiger partial charge is 0.444 e. The molecule has 200 valence electrons. The summed E-state index contributed by atoms with van der Waals surface area (Å²) in [6.07, 6.45) is 2.01. The van der Waals surface area contributed by atoms with Gasteiger partial charge in [-0.05, 0) is 82.9 Å². The van der Waals surface area contributed by atoms with Crippen LogP contribution >= 0.6 is 0 Å². The minimum atomic E-state index is -4.22. The van der Waals surface area contributed by atoms with Crippen LogP contribution in [0.25, 0.3) is 10.9 Å². The minimum absolute atomic E-state index is 0.0634. The van der Waals surface area contributed by atoms with Crippen LogP contribution in [-0.4, -0.2) is 42.1 Å². The fourth-order valence-corrected chi connectivity index (χ4v) is 6.12. The zero-order valence-electron chi connectivity index (χ0n) is 21.5. The van der Waals surface area contributed by atoms with E-state index in [1.54, 1.807) is 39.0 Å². The van der Waals surface area contributed by atoms with E-state index in [1.807, 2.05) is 6.07 Å². The number of alkyl carbamates (subject to hydrolysis) is 1. The molecule has 4 N–H and O–H groups in total. The van der Waals surface area contributed by atoms with Crippen molar-refractivity contribution in [3.63, 3.8) is 0 Å². The third kappa shape index (κ3) is 5.92. The molecule has 10 nitrogen and oxygen atoms in total. The fraction of sp³-hybridized carbons (Fsp3) is 0.370. The smallest absolute Gasteiger partial charge is 0.407 e. The molecule has 38 heavy (non-hydrogen) atoms. The topological polar surface area (TPSA) is 156 Å². The molecule has 3 aromatic rings. The number of rotatable bonds is 5. The van der Waals surface area contributed by atoms with Crippen molar-refractivity contribution in [2.45, 2.75) is 69.0 Å². The normalized spacial score (nSPS) is 17.9. The van der Waals surface area contributed by atoms with Gasteiger partial charge in [-0.1, -0.05) is 12.1 Å². The molecule has 1 saturated carbocycles. The molecular weight excluding hydrogens is 506 g/mol. The molecule has 0 spiro atoms. The molecule has 0 aliphatic heterocycles. The number of benzene rings is 2. The number of nitriles is 1. The molecule has 1 aliphatic carbocycles. The number of nitrogen functional groups attached to an aromatic ring is 1. The Morgan fingerprint density at radius 2 is 1.68 bits per heavy atom. The van der Waals surface area contributed by atoms with Crippen molar-refractivity contribution in [3.05, 3.63) is 59.8 Å². The number of fused-ring (bicyclic) bond motifs is 1. The maximum absolute atomic E-state index is 13.7. The molecule has 0 bridgehead atoms. The molecule has 1 heterocycles. The van der Waals surface area contributed by atoms with Crippen LogP contribution in [0.2, 0.25) is 0 Å². The van der Waals surface area contributed by atoms with Gasteiger partial charge >= 0.3 is 6.09 Å². The van der Waals surface area contributed by atoms with Gasteiger partial charge in [0.25, 0.3) is 15.9 Å². The van der Waals surface area contributed by atoms with E-state index < -0.39 is 27.6 Å². The number of carbonyl (C=O) groups is 2. The van der Waals surface area contributed by atoms with Crippen molar-refractivity contribution >= 4 is 38.6 Å². The van der Waals surface area contributed by atoms with E-state index >= 15 is 0 Å². The molecule has 0 radical (unpaired) electrons. The molecule has 0 unspecified atom stereocenters. The first kappa shape index (κ1) is 27.0. The van der Waals surface area contributed by atoms with E-state index in [0.717, 1.165) is 3.97 Å². The number of aromatic nitrogens is 1. The molecule has 11 heteroatoms. The molecule has 4 rings (SSSR count). The minimum Gasteiger partial charge on any atom is -0.444 e. The Bertz CT molecular complexity index is 1520. The van der Waals surface area contributed by atoms with Gasteiger partial charge in [0, 0.05) is 23.2 Å². The Morgan fingerprint density at radius 1 is 1.03 bits per heavy atom. The van der Waals surface area contributed by atoms with E-state index in [9.17, 15) is 23.3 Å². The van der Waals surface area contributed by atoms with Crippen LogP contribution in [-0.2, 0) is 14.8 Å². The van der Waals surface area contributed by atoms with Crippen LogP contribution in [0.1, 0.15) is 62.5 Å². The second-order valence-corrected chi connectivity index (χ2v) is 12.2. The van der Waals surface area contributed by atoms with Crippen LogP contribution in [0.4, 0.5) is 10.5 Å². The number of nitrogens with zero attached hydrogens (tertiary/aromatic N) is 2. The highest BCUT2D eigenvalue weighted by atomic mass is 32.2. The number of anilines is 1. The molecule has 1 aromatic heterocycles. The highest BCUT2D eigenvalue weighted by Gasteiger charge is 2.30. The Morgan fingerprint density at radius 3 is 2.29 bits per heavy atom. The fourth-order valence-electron chi connectivity index (χ4n) is 4.56. The van der Waals surface area contributed by atoms with Gasteiger partial charge < -0.3 is 21.1 Å². The first-order valence-corrected chi connectivity index (χ1v) is 13.8. The summed E-state index contributed by atoms with van der Waals surface area (Å²) in [6, 6.07) is 13.7. The summed E-state index contributed by atoms with van der Waals surface area (Å²) in [5.74, 6) is -0.546. The third-order valence-electron chi connectivity index (χ3n) is 6.30. The van der Waals surface area contributed by atoms with Gasteiger partial charge in [0.2, 0.25) is 0 Å². The van der Waals surface area contributed by atoms with Crippen molar-refractivity contribution in [2.75, 3.05) is 5.73 Å². The summed E-state index contributed by atoms with van der Waals surface area (Å²) < 4.78 is 33.7. The Hall–Kier alpha value is -4.04. The number of hydrogen-bond acceptors (Lipinski definition) is 7. The average molecular weight is 538 g/mol. The van der Waals surface area contributed by atoms with Crippen LogP contribution in [0, 0.1) is 11.3 Å². The Labute approximate surface area is 221 Å². The van der Waals surface area contributed by atoms with Gasteiger partial charge in [0.1, 0.15) is 11.3 Å². The van der Waals surface area contributed by atoms with Gasteiger partial charge in [0.05, 0.1) is 22.0 Å². The molecule has 2 aromatic carbocycles. The van der Waals surface area contributed by atoms with Crippen molar-refractivity contribution in [1.82, 2.24) is 14.6 Å². The van der Waals surface area contributed by atoms with Crippen LogP contribution in [0.3, 0.4) is 0 Å². The van der Waals surface area contributed by atoms with E-state index in [1.165, 1.54) is 30.3 Å². The average Bonchev–Trinajstić information content (AvgIpc) is 3.24. The second-order valence-electron chi connectivity index (χ2n) is 10.4. The lowest BCUT2D eigenvalue weighted by molar-refractivity contribution is 0.0488. The predicted molar refractivity (Wildman–Crippen MR) is 143 cm³/mol. The van der Waals surface area contributed by atoms with Crippen LogP contribution in [0.15, 0.2) is 53.4 Å². The van der Waals surface area contributed by atoms with Gasteiger partial charge in [-0.2, -0.15) is 5.26 Å². The maximum atomic E-state index is 13.7. The summed E-state index contributed by atoms with van der Waals surface area (Å²) in [7, 11) is -4.22. The predicted octanol–water partition coefficient (Wildman–Crippen LogP) is 3.90. The Kier molecular flexibility index (Phi) is 7.37. The second kappa shape index (κ2) is 10.4.